The molecule has 1 aromatic carbocycles. The second-order valence-corrected chi connectivity index (χ2v) is 7.94. The number of aromatic hydroxyl groups is 1. The van der Waals surface area contributed by atoms with E-state index >= 15 is 0 Å². The van der Waals surface area contributed by atoms with Crippen LogP contribution in [0, 0.1) is 0 Å². The number of para-hydroxylation sites is 2. The number of hydrogen-bond donors (Lipinski definition) is 2. The van der Waals surface area contributed by atoms with Crippen molar-refractivity contribution in [3.8, 4) is 5.75 Å². The van der Waals surface area contributed by atoms with E-state index in [0.29, 0.717) is 18.8 Å². The second kappa shape index (κ2) is 8.91. The van der Waals surface area contributed by atoms with Crippen molar-refractivity contribution in [3.63, 3.8) is 0 Å². The molecule has 1 aromatic rings. The Hall–Kier alpha value is -1.83. The molecule has 0 saturated carbocycles. The van der Waals surface area contributed by atoms with Gasteiger partial charge < -0.3 is 20.1 Å². The highest BCUT2D eigenvalue weighted by molar-refractivity contribution is 5.78. The van der Waals surface area contributed by atoms with Gasteiger partial charge in [0.2, 0.25) is 5.91 Å². The number of hydrogen-bond acceptors (Lipinski definition) is 6. The van der Waals surface area contributed by atoms with Crippen LogP contribution in [0.25, 0.3) is 0 Å². The summed E-state index contributed by atoms with van der Waals surface area (Å²) in [5.74, 6) is 0.390. The number of morpholine rings is 1. The summed E-state index contributed by atoms with van der Waals surface area (Å²) < 4.78 is 5.41. The van der Waals surface area contributed by atoms with Crippen molar-refractivity contribution in [2.24, 2.45) is 0 Å². The van der Waals surface area contributed by atoms with Gasteiger partial charge in [-0.25, -0.2) is 0 Å². The largest absolute Gasteiger partial charge is 0.506 e. The van der Waals surface area contributed by atoms with Crippen LogP contribution in [0.2, 0.25) is 0 Å². The number of carbonyl (C=O) groups excluding carboxylic acids is 1. The molecule has 2 heterocycles. The van der Waals surface area contributed by atoms with Crippen LogP contribution in [0.3, 0.4) is 0 Å². The summed E-state index contributed by atoms with van der Waals surface area (Å²) in [7, 11) is 0. The molecule has 2 aliphatic heterocycles. The fourth-order valence-electron chi connectivity index (χ4n) is 3.73. The molecule has 27 heavy (non-hydrogen) atoms. The van der Waals surface area contributed by atoms with Crippen molar-refractivity contribution in [2.45, 2.75) is 19.4 Å². The summed E-state index contributed by atoms with van der Waals surface area (Å²) in [5.41, 5.74) is 0.803. The van der Waals surface area contributed by atoms with Crippen molar-refractivity contribution in [1.82, 2.24) is 15.1 Å². The molecule has 2 aliphatic rings. The third kappa shape index (κ3) is 5.34. The molecular formula is C20H32N4O3. The Labute approximate surface area is 161 Å². The van der Waals surface area contributed by atoms with Gasteiger partial charge >= 0.3 is 0 Å². The average Bonchev–Trinajstić information content (AvgIpc) is 2.68. The second-order valence-electron chi connectivity index (χ2n) is 7.94. The SMILES string of the molecule is CC(C)(CNC(=O)CN1CCN(c2ccccc2O)CC1)N1CCOCC1. The molecule has 0 atom stereocenters. The van der Waals surface area contributed by atoms with E-state index in [0.717, 1.165) is 58.2 Å². The fourth-order valence-corrected chi connectivity index (χ4v) is 3.73. The molecule has 1 amide bonds. The maximum absolute atomic E-state index is 12.4. The van der Waals surface area contributed by atoms with Gasteiger partial charge in [0.05, 0.1) is 25.4 Å². The van der Waals surface area contributed by atoms with Gasteiger partial charge in [-0.15, -0.1) is 0 Å². The lowest BCUT2D eigenvalue weighted by Gasteiger charge is -2.41. The number of phenols is 1. The minimum absolute atomic E-state index is 0.0665. The van der Waals surface area contributed by atoms with Gasteiger partial charge in [0.1, 0.15) is 5.75 Å². The number of benzene rings is 1. The van der Waals surface area contributed by atoms with Gasteiger partial charge in [-0.2, -0.15) is 0 Å². The number of phenolic OH excluding ortho intramolecular Hbond substituents is 1. The van der Waals surface area contributed by atoms with E-state index < -0.39 is 0 Å². The number of nitrogens with one attached hydrogen (secondary N) is 1. The molecule has 150 valence electrons. The molecule has 0 aliphatic carbocycles. The summed E-state index contributed by atoms with van der Waals surface area (Å²) in [5, 5.41) is 13.1. The van der Waals surface area contributed by atoms with Gasteiger partial charge in [0, 0.05) is 51.4 Å². The number of anilines is 1. The number of piperazine rings is 1. The molecule has 0 spiro atoms. The highest BCUT2D eigenvalue weighted by atomic mass is 16.5. The summed E-state index contributed by atoms with van der Waals surface area (Å²) in [6, 6.07) is 7.42. The number of amides is 1. The Kier molecular flexibility index (Phi) is 6.57. The van der Waals surface area contributed by atoms with Crippen LogP contribution in [0.1, 0.15) is 13.8 Å². The standard InChI is InChI=1S/C20H32N4O3/c1-20(2,24-11-13-27-14-12-24)16-21-19(26)15-22-7-9-23(10-8-22)17-5-3-4-6-18(17)25/h3-6,25H,7-16H2,1-2H3,(H,21,26). The molecule has 0 radical (unpaired) electrons. The lowest BCUT2D eigenvalue weighted by Crippen LogP contribution is -2.56. The third-order valence-corrected chi connectivity index (χ3v) is 5.55. The van der Waals surface area contributed by atoms with Gasteiger partial charge in [0.25, 0.3) is 0 Å². The Balaban J connectivity index is 1.41. The molecular weight excluding hydrogens is 344 g/mol. The summed E-state index contributed by atoms with van der Waals surface area (Å²) in [6.07, 6.45) is 0. The van der Waals surface area contributed by atoms with Gasteiger partial charge in [-0.1, -0.05) is 12.1 Å². The van der Waals surface area contributed by atoms with Crippen molar-refractivity contribution in [3.05, 3.63) is 24.3 Å². The first-order valence-corrected chi connectivity index (χ1v) is 9.80. The predicted molar refractivity (Wildman–Crippen MR) is 106 cm³/mol. The molecule has 7 heteroatoms. The number of carbonyl (C=O) groups is 1. The van der Waals surface area contributed by atoms with Gasteiger partial charge in [-0.3, -0.25) is 14.6 Å². The summed E-state index contributed by atoms with van der Waals surface area (Å²) in [4.78, 5) is 19.1. The number of ether oxygens (including phenoxy) is 1. The van der Waals surface area contributed by atoms with Crippen LogP contribution in [-0.2, 0) is 9.53 Å². The van der Waals surface area contributed by atoms with Crippen LogP contribution >= 0.6 is 0 Å². The highest BCUT2D eigenvalue weighted by Crippen LogP contribution is 2.27. The zero-order valence-electron chi connectivity index (χ0n) is 16.5. The quantitative estimate of drug-likeness (QED) is 0.763. The van der Waals surface area contributed by atoms with E-state index in [-0.39, 0.29) is 11.4 Å². The maximum atomic E-state index is 12.4. The first kappa shape index (κ1) is 19.9. The molecule has 7 nitrogen and oxygen atoms in total. The zero-order chi connectivity index (χ0) is 19.3. The van der Waals surface area contributed by atoms with Crippen LogP contribution in [0.15, 0.2) is 24.3 Å². The topological polar surface area (TPSA) is 68.3 Å². The summed E-state index contributed by atoms with van der Waals surface area (Å²) in [6.45, 7) is 12.0. The van der Waals surface area contributed by atoms with Crippen molar-refractivity contribution < 1.29 is 14.6 Å². The minimum atomic E-state index is -0.0665. The smallest absolute Gasteiger partial charge is 0.234 e. The van der Waals surface area contributed by atoms with E-state index in [1.165, 1.54) is 0 Å². The molecule has 2 fully saturated rings. The Morgan fingerprint density at radius 1 is 1.11 bits per heavy atom. The van der Waals surface area contributed by atoms with E-state index in [9.17, 15) is 9.90 Å². The lowest BCUT2D eigenvalue weighted by atomic mass is 10.0. The molecule has 0 bridgehead atoms. The predicted octanol–water partition coefficient (Wildman–Crippen LogP) is 0.741. The molecule has 2 saturated heterocycles. The van der Waals surface area contributed by atoms with Gasteiger partial charge in [0.15, 0.2) is 0 Å². The highest BCUT2D eigenvalue weighted by Gasteiger charge is 2.29. The first-order valence-electron chi connectivity index (χ1n) is 9.80. The molecule has 2 N–H and O–H groups in total. The maximum Gasteiger partial charge on any atom is 0.234 e. The van der Waals surface area contributed by atoms with Gasteiger partial charge in [-0.05, 0) is 26.0 Å². The third-order valence-electron chi connectivity index (χ3n) is 5.55. The first-order chi connectivity index (χ1) is 13.0. The Bertz CT molecular complexity index is 623. The monoisotopic (exact) mass is 376 g/mol. The molecule has 0 aromatic heterocycles. The average molecular weight is 377 g/mol. The normalized spacial score (nSPS) is 19.9. The van der Waals surface area contributed by atoms with Crippen LogP contribution in [0.4, 0.5) is 5.69 Å². The molecule has 0 unspecified atom stereocenters. The van der Waals surface area contributed by atoms with Crippen LogP contribution in [-0.4, -0.2) is 91.9 Å². The van der Waals surface area contributed by atoms with Crippen LogP contribution in [0.5, 0.6) is 5.75 Å². The minimum Gasteiger partial charge on any atom is -0.506 e. The Morgan fingerprint density at radius 2 is 1.78 bits per heavy atom. The zero-order valence-corrected chi connectivity index (χ0v) is 16.5. The molecule has 3 rings (SSSR count). The van der Waals surface area contributed by atoms with E-state index in [2.05, 4.69) is 33.9 Å². The van der Waals surface area contributed by atoms with E-state index in [1.54, 1.807) is 6.07 Å². The Morgan fingerprint density at radius 3 is 2.44 bits per heavy atom. The van der Waals surface area contributed by atoms with Crippen molar-refractivity contribution >= 4 is 11.6 Å². The summed E-state index contributed by atoms with van der Waals surface area (Å²) >= 11 is 0. The van der Waals surface area contributed by atoms with Crippen LogP contribution < -0.4 is 10.2 Å². The van der Waals surface area contributed by atoms with E-state index in [4.69, 9.17) is 4.74 Å². The number of rotatable bonds is 6. The van der Waals surface area contributed by atoms with Crippen molar-refractivity contribution in [1.29, 1.82) is 0 Å². The lowest BCUT2D eigenvalue weighted by molar-refractivity contribution is -0.123. The number of nitrogens with zero attached hydrogens (tertiary/aromatic N) is 3. The fraction of sp³-hybridized carbons (Fsp3) is 0.650. The van der Waals surface area contributed by atoms with E-state index in [1.807, 2.05) is 18.2 Å². The van der Waals surface area contributed by atoms with Crippen molar-refractivity contribution in [2.75, 3.05) is 70.5 Å².